The highest BCUT2D eigenvalue weighted by molar-refractivity contribution is 6.30. The first-order chi connectivity index (χ1) is 6.65. The molecule has 0 spiro atoms. The molecule has 1 aromatic rings. The minimum atomic E-state index is -0.355. The Labute approximate surface area is 86.1 Å². The van der Waals surface area contributed by atoms with Crippen molar-refractivity contribution in [2.75, 3.05) is 6.54 Å². The fourth-order valence-electron chi connectivity index (χ4n) is 1.65. The van der Waals surface area contributed by atoms with Crippen LogP contribution in [0.15, 0.2) is 18.2 Å². The van der Waals surface area contributed by atoms with E-state index in [9.17, 15) is 9.18 Å². The third-order valence-electron chi connectivity index (χ3n) is 2.33. The molecule has 1 saturated heterocycles. The van der Waals surface area contributed by atoms with Crippen LogP contribution >= 0.6 is 11.6 Å². The molecule has 1 fully saturated rings. The second-order valence-corrected chi connectivity index (χ2v) is 3.84. The third kappa shape index (κ3) is 1.87. The number of carbonyl (C=O) groups is 1. The average molecular weight is 214 g/mol. The summed E-state index contributed by atoms with van der Waals surface area (Å²) < 4.78 is 13.0. The molecule has 0 saturated carbocycles. The van der Waals surface area contributed by atoms with Gasteiger partial charge in [-0.3, -0.25) is 4.79 Å². The SMILES string of the molecule is O=C1CC(c2cc(F)cc(Cl)c2)CN1. The number of halogens is 2. The van der Waals surface area contributed by atoms with Crippen molar-refractivity contribution in [3.8, 4) is 0 Å². The van der Waals surface area contributed by atoms with E-state index in [1.54, 1.807) is 6.07 Å². The van der Waals surface area contributed by atoms with E-state index in [1.807, 2.05) is 0 Å². The summed E-state index contributed by atoms with van der Waals surface area (Å²) in [5, 5.41) is 3.08. The van der Waals surface area contributed by atoms with E-state index in [0.717, 1.165) is 5.56 Å². The second kappa shape index (κ2) is 3.58. The first-order valence-electron chi connectivity index (χ1n) is 4.38. The Balaban J connectivity index is 2.27. The molecule has 4 heteroatoms. The normalized spacial score (nSPS) is 21.0. The number of amides is 1. The topological polar surface area (TPSA) is 29.1 Å². The quantitative estimate of drug-likeness (QED) is 0.761. The molecular formula is C10H9ClFNO. The summed E-state index contributed by atoms with van der Waals surface area (Å²) in [4.78, 5) is 11.0. The molecule has 0 radical (unpaired) electrons. The number of hydrogen-bond acceptors (Lipinski definition) is 1. The third-order valence-corrected chi connectivity index (χ3v) is 2.55. The lowest BCUT2D eigenvalue weighted by Gasteiger charge is -2.07. The highest BCUT2D eigenvalue weighted by Crippen LogP contribution is 2.26. The molecule has 1 unspecified atom stereocenters. The van der Waals surface area contributed by atoms with E-state index < -0.39 is 0 Å². The molecule has 0 aliphatic carbocycles. The van der Waals surface area contributed by atoms with Gasteiger partial charge in [0.15, 0.2) is 0 Å². The maximum Gasteiger partial charge on any atom is 0.220 e. The molecule has 1 heterocycles. The lowest BCUT2D eigenvalue weighted by atomic mass is 9.98. The van der Waals surface area contributed by atoms with Crippen LogP contribution < -0.4 is 5.32 Å². The van der Waals surface area contributed by atoms with Gasteiger partial charge >= 0.3 is 0 Å². The lowest BCUT2D eigenvalue weighted by Crippen LogP contribution is -2.13. The van der Waals surface area contributed by atoms with Gasteiger partial charge in [-0.15, -0.1) is 0 Å². The predicted molar refractivity (Wildman–Crippen MR) is 51.8 cm³/mol. The van der Waals surface area contributed by atoms with Gasteiger partial charge in [0.05, 0.1) is 0 Å². The predicted octanol–water partition coefficient (Wildman–Crippen LogP) is 2.08. The monoisotopic (exact) mass is 213 g/mol. The number of rotatable bonds is 1. The number of carbonyl (C=O) groups excluding carboxylic acids is 1. The van der Waals surface area contributed by atoms with Crippen LogP contribution in [0, 0.1) is 5.82 Å². The smallest absolute Gasteiger partial charge is 0.220 e. The molecule has 1 aromatic carbocycles. The van der Waals surface area contributed by atoms with Gasteiger partial charge in [0.2, 0.25) is 5.91 Å². The molecule has 1 amide bonds. The molecule has 1 aliphatic rings. The van der Waals surface area contributed by atoms with Crippen LogP contribution in [-0.4, -0.2) is 12.5 Å². The van der Waals surface area contributed by atoms with Crippen molar-refractivity contribution < 1.29 is 9.18 Å². The first-order valence-corrected chi connectivity index (χ1v) is 4.75. The summed E-state index contributed by atoms with van der Waals surface area (Å²) in [7, 11) is 0. The molecule has 14 heavy (non-hydrogen) atoms. The zero-order chi connectivity index (χ0) is 10.1. The van der Waals surface area contributed by atoms with Crippen molar-refractivity contribution >= 4 is 17.5 Å². The first kappa shape index (κ1) is 9.46. The van der Waals surface area contributed by atoms with Crippen molar-refractivity contribution in [2.24, 2.45) is 0 Å². The molecule has 0 bridgehead atoms. The average Bonchev–Trinajstić information content (AvgIpc) is 2.50. The van der Waals surface area contributed by atoms with Gasteiger partial charge in [0, 0.05) is 23.9 Å². The lowest BCUT2D eigenvalue weighted by molar-refractivity contribution is -0.119. The Morgan fingerprint density at radius 2 is 2.21 bits per heavy atom. The van der Waals surface area contributed by atoms with Gasteiger partial charge in [-0.2, -0.15) is 0 Å². The van der Waals surface area contributed by atoms with E-state index in [0.29, 0.717) is 18.0 Å². The van der Waals surface area contributed by atoms with E-state index in [1.165, 1.54) is 12.1 Å². The standard InChI is InChI=1S/C10H9ClFNO/c11-8-1-6(2-9(12)4-8)7-3-10(14)13-5-7/h1-2,4,7H,3,5H2,(H,13,14). The maximum absolute atomic E-state index is 13.0. The maximum atomic E-state index is 13.0. The van der Waals surface area contributed by atoms with E-state index in [-0.39, 0.29) is 17.6 Å². The fraction of sp³-hybridized carbons (Fsp3) is 0.300. The van der Waals surface area contributed by atoms with Crippen molar-refractivity contribution in [3.05, 3.63) is 34.6 Å². The van der Waals surface area contributed by atoms with Crippen molar-refractivity contribution in [1.29, 1.82) is 0 Å². The Morgan fingerprint density at radius 1 is 1.43 bits per heavy atom. The van der Waals surface area contributed by atoms with Crippen LogP contribution in [0.4, 0.5) is 4.39 Å². The Morgan fingerprint density at radius 3 is 2.79 bits per heavy atom. The van der Waals surface area contributed by atoms with E-state index in [4.69, 9.17) is 11.6 Å². The Bertz CT molecular complexity index is 360. The Hall–Kier alpha value is -1.09. The van der Waals surface area contributed by atoms with E-state index >= 15 is 0 Å². The highest BCUT2D eigenvalue weighted by Gasteiger charge is 2.23. The van der Waals surface area contributed by atoms with Crippen molar-refractivity contribution in [1.82, 2.24) is 5.32 Å². The van der Waals surface area contributed by atoms with Crippen LogP contribution in [0.25, 0.3) is 0 Å². The zero-order valence-corrected chi connectivity index (χ0v) is 8.14. The molecule has 1 atom stereocenters. The van der Waals surface area contributed by atoms with Crippen LogP contribution in [-0.2, 0) is 4.79 Å². The molecule has 1 aliphatic heterocycles. The second-order valence-electron chi connectivity index (χ2n) is 3.41. The highest BCUT2D eigenvalue weighted by atomic mass is 35.5. The minimum absolute atomic E-state index is 0.00961. The molecule has 0 aromatic heterocycles. The Kier molecular flexibility index (Phi) is 2.42. The van der Waals surface area contributed by atoms with Gasteiger partial charge in [-0.25, -0.2) is 4.39 Å². The van der Waals surface area contributed by atoms with Gasteiger partial charge in [0.25, 0.3) is 0 Å². The number of hydrogen-bond donors (Lipinski definition) is 1. The fourth-order valence-corrected chi connectivity index (χ4v) is 1.88. The van der Waals surface area contributed by atoms with Crippen LogP contribution in [0.3, 0.4) is 0 Å². The number of nitrogens with one attached hydrogen (secondary N) is 1. The van der Waals surface area contributed by atoms with Crippen molar-refractivity contribution in [2.45, 2.75) is 12.3 Å². The van der Waals surface area contributed by atoms with Crippen LogP contribution in [0.2, 0.25) is 5.02 Å². The zero-order valence-electron chi connectivity index (χ0n) is 7.39. The molecule has 2 rings (SSSR count). The summed E-state index contributed by atoms with van der Waals surface area (Å²) in [6.45, 7) is 0.568. The summed E-state index contributed by atoms with van der Waals surface area (Å²) in [5.74, 6) is -0.294. The summed E-state index contributed by atoms with van der Waals surface area (Å²) in [5.41, 5.74) is 0.786. The van der Waals surface area contributed by atoms with Crippen LogP contribution in [0.5, 0.6) is 0 Å². The summed E-state index contributed by atoms with van der Waals surface area (Å²) in [6, 6.07) is 4.39. The minimum Gasteiger partial charge on any atom is -0.355 e. The van der Waals surface area contributed by atoms with E-state index in [2.05, 4.69) is 5.32 Å². The molecule has 2 nitrogen and oxygen atoms in total. The molecule has 1 N–H and O–H groups in total. The van der Waals surface area contributed by atoms with Crippen LogP contribution in [0.1, 0.15) is 17.9 Å². The van der Waals surface area contributed by atoms with Gasteiger partial charge < -0.3 is 5.32 Å². The summed E-state index contributed by atoms with van der Waals surface area (Å²) >= 11 is 5.72. The molecule has 74 valence electrons. The number of benzene rings is 1. The summed E-state index contributed by atoms with van der Waals surface area (Å²) in [6.07, 6.45) is 0.416. The largest absolute Gasteiger partial charge is 0.355 e. The van der Waals surface area contributed by atoms with Gasteiger partial charge in [-0.1, -0.05) is 11.6 Å². The van der Waals surface area contributed by atoms with Gasteiger partial charge in [0.1, 0.15) is 5.82 Å². The van der Waals surface area contributed by atoms with Crippen molar-refractivity contribution in [3.63, 3.8) is 0 Å². The van der Waals surface area contributed by atoms with Gasteiger partial charge in [-0.05, 0) is 23.8 Å². The molecular weight excluding hydrogens is 205 g/mol.